The van der Waals surface area contributed by atoms with E-state index in [1.54, 1.807) is 6.08 Å². The van der Waals surface area contributed by atoms with Crippen molar-refractivity contribution < 1.29 is 9.90 Å². The molecule has 0 aliphatic carbocycles. The molecule has 0 spiro atoms. The predicted octanol–water partition coefficient (Wildman–Crippen LogP) is 6.49. The van der Waals surface area contributed by atoms with Gasteiger partial charge in [-0.2, -0.15) is 0 Å². The van der Waals surface area contributed by atoms with E-state index in [4.69, 9.17) is 0 Å². The smallest absolute Gasteiger partial charge is 0.155 e. The van der Waals surface area contributed by atoms with Crippen molar-refractivity contribution in [2.45, 2.75) is 100 Å². The molecule has 0 aromatic carbocycles. The molecule has 0 bridgehead atoms. The minimum atomic E-state index is -0.212. The van der Waals surface area contributed by atoms with Crippen LogP contribution >= 0.6 is 0 Å². The molecule has 1 atom stereocenters. The number of hydrogen-bond acceptors (Lipinski definition) is 2. The fourth-order valence-corrected chi connectivity index (χ4v) is 1.52. The van der Waals surface area contributed by atoms with Crippen molar-refractivity contribution >= 4 is 5.78 Å². The van der Waals surface area contributed by atoms with E-state index in [-0.39, 0.29) is 26.7 Å². The fraction of sp³-hybridized carbons (Fsp3) is 0.750. The molecule has 0 aliphatic heterocycles. The Kier molecular flexibility index (Phi) is 33.3. The number of ketones is 1. The largest absolute Gasteiger partial charge is 0.389 e. The van der Waals surface area contributed by atoms with Gasteiger partial charge < -0.3 is 5.11 Å². The Balaban J connectivity index is -0.000000135. The molecular formula is C20H42O2. The Morgan fingerprint density at radius 1 is 0.909 bits per heavy atom. The van der Waals surface area contributed by atoms with E-state index in [1.807, 2.05) is 19.1 Å². The predicted molar refractivity (Wildman–Crippen MR) is 102 cm³/mol. The van der Waals surface area contributed by atoms with Crippen molar-refractivity contribution in [3.63, 3.8) is 0 Å². The van der Waals surface area contributed by atoms with Crippen molar-refractivity contribution in [2.75, 3.05) is 0 Å². The molecule has 2 heteroatoms. The molecule has 0 aliphatic rings. The van der Waals surface area contributed by atoms with E-state index in [2.05, 4.69) is 26.8 Å². The first-order valence-electron chi connectivity index (χ1n) is 8.16. The van der Waals surface area contributed by atoms with Crippen molar-refractivity contribution in [3.8, 4) is 0 Å². The van der Waals surface area contributed by atoms with E-state index < -0.39 is 0 Å². The molecule has 0 amide bonds. The highest BCUT2D eigenvalue weighted by atomic mass is 16.3. The minimum absolute atomic E-state index is 0. The normalized spacial score (nSPS) is 11.3. The van der Waals surface area contributed by atoms with Gasteiger partial charge in [0.25, 0.3) is 0 Å². The van der Waals surface area contributed by atoms with Gasteiger partial charge in [0.15, 0.2) is 5.78 Å². The molecule has 0 saturated heterocycles. The topological polar surface area (TPSA) is 37.3 Å². The number of unbranched alkanes of at least 4 members (excludes halogenated alkanes) is 2. The Labute approximate surface area is 140 Å². The van der Waals surface area contributed by atoms with Crippen molar-refractivity contribution in [1.29, 1.82) is 0 Å². The van der Waals surface area contributed by atoms with Crippen LogP contribution in [-0.2, 0) is 4.79 Å². The molecule has 134 valence electrons. The molecule has 0 aromatic heterocycles. The van der Waals surface area contributed by atoms with E-state index in [9.17, 15) is 9.90 Å². The van der Waals surface area contributed by atoms with E-state index in [1.165, 1.54) is 0 Å². The summed E-state index contributed by atoms with van der Waals surface area (Å²) in [7, 11) is 0. The van der Waals surface area contributed by atoms with Gasteiger partial charge in [0.1, 0.15) is 0 Å². The van der Waals surface area contributed by atoms with Gasteiger partial charge in [-0.05, 0) is 31.8 Å². The summed E-state index contributed by atoms with van der Waals surface area (Å²) in [5, 5.41) is 9.19. The van der Waals surface area contributed by atoms with Crippen LogP contribution in [0.15, 0.2) is 24.3 Å². The first kappa shape index (κ1) is 29.2. The molecule has 22 heavy (non-hydrogen) atoms. The standard InChI is InChI=1S/C9H18O.C9H16O.2CH4/c2*1-3-5-6-8-9(10)7-4-2;;/h6,8-10H,3-5,7H2,1-2H3;6,8H,3-5,7H2,1-2H3;2*1H4/b2*8-6+;;. The maximum absolute atomic E-state index is 10.8. The van der Waals surface area contributed by atoms with Gasteiger partial charge in [-0.25, -0.2) is 0 Å². The lowest BCUT2D eigenvalue weighted by Crippen LogP contribution is -1.99. The maximum atomic E-state index is 10.8. The average molecular weight is 315 g/mol. The third-order valence-electron chi connectivity index (χ3n) is 2.65. The van der Waals surface area contributed by atoms with Crippen LogP contribution in [0.4, 0.5) is 0 Å². The van der Waals surface area contributed by atoms with Crippen LogP contribution in [0.3, 0.4) is 0 Å². The zero-order valence-corrected chi connectivity index (χ0v) is 13.9. The molecule has 0 rings (SSSR count). The van der Waals surface area contributed by atoms with E-state index in [0.29, 0.717) is 6.42 Å². The Morgan fingerprint density at radius 3 is 1.91 bits per heavy atom. The van der Waals surface area contributed by atoms with Crippen molar-refractivity contribution in [3.05, 3.63) is 24.3 Å². The Morgan fingerprint density at radius 2 is 1.45 bits per heavy atom. The highest BCUT2D eigenvalue weighted by Gasteiger charge is 1.93. The second-order valence-corrected chi connectivity index (χ2v) is 4.98. The van der Waals surface area contributed by atoms with Gasteiger partial charge in [0.2, 0.25) is 0 Å². The average Bonchev–Trinajstić information content (AvgIpc) is 2.41. The number of aliphatic hydroxyl groups excluding tert-OH is 1. The molecular weight excluding hydrogens is 272 g/mol. The van der Waals surface area contributed by atoms with Gasteiger partial charge in [-0.15, -0.1) is 0 Å². The second kappa shape index (κ2) is 25.1. The molecule has 1 N–H and O–H groups in total. The summed E-state index contributed by atoms with van der Waals surface area (Å²) in [6.07, 6.45) is 15.4. The third-order valence-corrected chi connectivity index (χ3v) is 2.65. The summed E-state index contributed by atoms with van der Waals surface area (Å²) < 4.78 is 0. The van der Waals surface area contributed by atoms with Crippen molar-refractivity contribution in [2.24, 2.45) is 0 Å². The Hall–Kier alpha value is -0.890. The van der Waals surface area contributed by atoms with Crippen LogP contribution in [0.1, 0.15) is 93.9 Å². The van der Waals surface area contributed by atoms with Gasteiger partial charge in [-0.3, -0.25) is 4.79 Å². The highest BCUT2D eigenvalue weighted by molar-refractivity contribution is 5.89. The summed E-state index contributed by atoms with van der Waals surface area (Å²) in [4.78, 5) is 10.8. The summed E-state index contributed by atoms with van der Waals surface area (Å²) in [5.41, 5.74) is 0. The third kappa shape index (κ3) is 27.5. The fourth-order valence-electron chi connectivity index (χ4n) is 1.52. The van der Waals surface area contributed by atoms with Crippen LogP contribution in [0.25, 0.3) is 0 Å². The molecule has 0 aromatic rings. The summed E-state index contributed by atoms with van der Waals surface area (Å²) >= 11 is 0. The molecule has 0 radical (unpaired) electrons. The van der Waals surface area contributed by atoms with E-state index in [0.717, 1.165) is 44.9 Å². The molecule has 0 saturated carbocycles. The quantitative estimate of drug-likeness (QED) is 0.370. The first-order valence-corrected chi connectivity index (χ1v) is 8.16. The van der Waals surface area contributed by atoms with Gasteiger partial charge in [-0.1, -0.05) is 80.0 Å². The summed E-state index contributed by atoms with van der Waals surface area (Å²) in [6, 6.07) is 0. The van der Waals surface area contributed by atoms with Crippen LogP contribution in [0.2, 0.25) is 0 Å². The van der Waals surface area contributed by atoms with E-state index >= 15 is 0 Å². The van der Waals surface area contributed by atoms with Gasteiger partial charge in [0.05, 0.1) is 6.10 Å². The van der Waals surface area contributed by atoms with Crippen LogP contribution in [0.5, 0.6) is 0 Å². The highest BCUT2D eigenvalue weighted by Crippen LogP contribution is 1.99. The lowest BCUT2D eigenvalue weighted by Gasteiger charge is -2.00. The lowest BCUT2D eigenvalue weighted by molar-refractivity contribution is -0.114. The number of carbonyl (C=O) groups excluding carboxylic acids is 1. The summed E-state index contributed by atoms with van der Waals surface area (Å²) in [6.45, 7) is 8.34. The lowest BCUT2D eigenvalue weighted by atomic mass is 10.2. The SMILES string of the molecule is C.C.CCC/C=C/C(=O)CCC.CCC/C=C/C(O)CCC. The minimum Gasteiger partial charge on any atom is -0.389 e. The Bertz CT molecular complexity index is 254. The zero-order chi connectivity index (χ0) is 15.6. The maximum Gasteiger partial charge on any atom is 0.155 e. The number of rotatable bonds is 10. The van der Waals surface area contributed by atoms with Gasteiger partial charge >= 0.3 is 0 Å². The second-order valence-electron chi connectivity index (χ2n) is 4.98. The first-order chi connectivity index (χ1) is 9.62. The number of allylic oxidation sites excluding steroid dienone is 3. The van der Waals surface area contributed by atoms with Crippen molar-refractivity contribution in [1.82, 2.24) is 0 Å². The zero-order valence-electron chi connectivity index (χ0n) is 13.9. The molecule has 0 fully saturated rings. The monoisotopic (exact) mass is 314 g/mol. The van der Waals surface area contributed by atoms with Gasteiger partial charge in [0, 0.05) is 6.42 Å². The number of aliphatic hydroxyl groups is 1. The molecule has 2 nitrogen and oxygen atoms in total. The van der Waals surface area contributed by atoms with Crippen LogP contribution < -0.4 is 0 Å². The molecule has 1 unspecified atom stereocenters. The molecule has 0 heterocycles. The number of hydrogen-bond donors (Lipinski definition) is 1. The van der Waals surface area contributed by atoms with Crippen LogP contribution in [0, 0.1) is 0 Å². The number of carbonyl (C=O) groups is 1. The summed E-state index contributed by atoms with van der Waals surface area (Å²) in [5.74, 6) is 0.260. The van der Waals surface area contributed by atoms with Crippen LogP contribution in [-0.4, -0.2) is 17.0 Å².